The van der Waals surface area contributed by atoms with E-state index in [-0.39, 0.29) is 53.0 Å². The van der Waals surface area contributed by atoms with Crippen LogP contribution in [0.4, 0.5) is 37.7 Å². The molecule has 16 heteroatoms. The number of phenolic OH excluding ortho intramolecular Hbond substituents is 1. The van der Waals surface area contributed by atoms with Gasteiger partial charge in [0, 0.05) is 30.8 Å². The van der Waals surface area contributed by atoms with Crippen LogP contribution >= 0.6 is 12.2 Å². The Morgan fingerprint density at radius 2 is 1.47 bits per heavy atom. The van der Waals surface area contributed by atoms with Crippen LogP contribution < -0.4 is 15.0 Å². The number of nitrogens with zero attached hydrogens (tertiary/aromatic N) is 1. The summed E-state index contributed by atoms with van der Waals surface area (Å²) in [5.41, 5.74) is -2.68. The number of hydrogen-bond donors (Lipinski definition) is 4. The highest BCUT2D eigenvalue weighted by atomic mass is 32.1. The highest BCUT2D eigenvalue weighted by molar-refractivity contribution is 7.80. The second-order valence-electron chi connectivity index (χ2n) is 9.93. The highest BCUT2D eigenvalue weighted by Gasteiger charge is 2.38. The van der Waals surface area contributed by atoms with E-state index in [0.717, 1.165) is 6.07 Å². The number of rotatable bonds is 10. The Morgan fingerprint density at radius 3 is 2.00 bits per heavy atom. The Labute approximate surface area is 255 Å². The van der Waals surface area contributed by atoms with Gasteiger partial charge >= 0.3 is 24.3 Å². The van der Waals surface area contributed by atoms with E-state index in [2.05, 4.69) is 5.32 Å². The molecule has 1 atom stereocenters. The number of benzene rings is 3. The van der Waals surface area contributed by atoms with Crippen molar-refractivity contribution in [2.45, 2.75) is 31.2 Å². The minimum absolute atomic E-state index is 0.0329. The van der Waals surface area contributed by atoms with E-state index >= 15 is 0 Å². The number of halogens is 6. The van der Waals surface area contributed by atoms with Gasteiger partial charge in [-0.2, -0.15) is 26.3 Å². The fraction of sp³-hybridized carbons (Fsp3) is 0.241. The van der Waals surface area contributed by atoms with Crippen molar-refractivity contribution >= 4 is 46.3 Å². The molecule has 0 aliphatic carbocycles. The smallest absolute Gasteiger partial charge is 0.416 e. The Balaban J connectivity index is 1.51. The molecule has 0 amide bonds. The molecular formula is C29H22F6N2O7S. The molecule has 1 unspecified atom stereocenters. The number of ketones is 1. The molecule has 1 heterocycles. The summed E-state index contributed by atoms with van der Waals surface area (Å²) in [5.74, 6) is -4.33. The molecule has 9 nitrogen and oxygen atoms in total. The molecule has 0 radical (unpaired) electrons. The first-order chi connectivity index (χ1) is 20.9. The van der Waals surface area contributed by atoms with Crippen molar-refractivity contribution in [3.8, 4) is 11.5 Å². The fourth-order valence-corrected chi connectivity index (χ4v) is 4.93. The monoisotopic (exact) mass is 656 g/mol. The normalized spacial score (nSPS) is 14.5. The van der Waals surface area contributed by atoms with Gasteiger partial charge in [-0.05, 0) is 60.2 Å². The number of Topliss-reactive ketones (excluding diaryl/α,β-unsaturated/α-hetero) is 1. The number of nitrogens with one attached hydrogen (secondary N) is 1. The Hall–Kier alpha value is -4.86. The number of carboxylic acid groups (broad SMARTS) is 2. The van der Waals surface area contributed by atoms with E-state index in [1.165, 1.54) is 30.3 Å². The van der Waals surface area contributed by atoms with Crippen molar-refractivity contribution in [3.05, 3.63) is 82.4 Å². The molecule has 1 aliphatic rings. The lowest BCUT2D eigenvalue weighted by molar-refractivity contribution is -0.143. The number of aromatic carboxylic acids is 2. The van der Waals surface area contributed by atoms with E-state index in [1.807, 2.05) is 0 Å². The van der Waals surface area contributed by atoms with Crippen molar-refractivity contribution < 1.29 is 60.8 Å². The largest absolute Gasteiger partial charge is 0.508 e. The van der Waals surface area contributed by atoms with Crippen LogP contribution in [0.1, 0.15) is 43.8 Å². The molecule has 1 aliphatic heterocycles. The lowest BCUT2D eigenvalue weighted by atomic mass is 10.1. The van der Waals surface area contributed by atoms with Crippen LogP contribution in [0, 0.1) is 0 Å². The number of phenols is 1. The molecular weight excluding hydrogens is 634 g/mol. The van der Waals surface area contributed by atoms with Gasteiger partial charge in [-0.15, -0.1) is 0 Å². The summed E-state index contributed by atoms with van der Waals surface area (Å²) in [6.07, 6.45) is -10.1. The molecule has 0 saturated heterocycles. The van der Waals surface area contributed by atoms with E-state index in [0.29, 0.717) is 23.4 Å². The average molecular weight is 657 g/mol. The first-order valence-corrected chi connectivity index (χ1v) is 13.3. The number of alkyl halides is 6. The van der Waals surface area contributed by atoms with E-state index < -0.39 is 59.6 Å². The predicted molar refractivity (Wildman–Crippen MR) is 151 cm³/mol. The molecule has 45 heavy (non-hydrogen) atoms. The first kappa shape index (κ1) is 33.0. The van der Waals surface area contributed by atoms with Crippen molar-refractivity contribution in [3.63, 3.8) is 0 Å². The zero-order valence-corrected chi connectivity index (χ0v) is 23.5. The molecule has 0 aromatic heterocycles. The summed E-state index contributed by atoms with van der Waals surface area (Å²) in [6.45, 7) is -0.825. The molecule has 3 aromatic rings. The first-order valence-electron chi connectivity index (χ1n) is 12.9. The molecule has 4 N–H and O–H groups in total. The number of ether oxygens (including phenoxy) is 1. The number of anilines is 2. The van der Waals surface area contributed by atoms with E-state index in [4.69, 9.17) is 17.0 Å². The third-order valence-electron chi connectivity index (χ3n) is 6.77. The summed E-state index contributed by atoms with van der Waals surface area (Å²) in [4.78, 5) is 37.8. The van der Waals surface area contributed by atoms with E-state index in [9.17, 15) is 56.0 Å². The maximum Gasteiger partial charge on any atom is 0.416 e. The van der Waals surface area contributed by atoms with Gasteiger partial charge in [0.1, 0.15) is 18.1 Å². The van der Waals surface area contributed by atoms with Gasteiger partial charge in [-0.25, -0.2) is 9.59 Å². The molecule has 238 valence electrons. The molecule has 0 fully saturated rings. The van der Waals surface area contributed by atoms with Gasteiger partial charge in [-0.3, -0.25) is 4.79 Å². The summed E-state index contributed by atoms with van der Waals surface area (Å²) in [5, 5.41) is 31.3. The topological polar surface area (TPSA) is 136 Å². The van der Waals surface area contributed by atoms with Crippen LogP contribution in [-0.2, 0) is 23.6 Å². The number of hydrogen-bond acceptors (Lipinski definition) is 7. The lowest BCUT2D eigenvalue weighted by Gasteiger charge is -2.27. The summed E-state index contributed by atoms with van der Waals surface area (Å²) in [6, 6.07) is 7.28. The predicted octanol–water partition coefficient (Wildman–Crippen LogP) is 6.04. The maximum atomic E-state index is 13.3. The van der Waals surface area contributed by atoms with Gasteiger partial charge < -0.3 is 30.3 Å². The van der Waals surface area contributed by atoms with Crippen molar-refractivity contribution in [2.75, 3.05) is 23.4 Å². The zero-order valence-electron chi connectivity index (χ0n) is 22.7. The summed E-state index contributed by atoms with van der Waals surface area (Å²) in [7, 11) is 0. The third-order valence-corrected chi connectivity index (χ3v) is 7.07. The minimum Gasteiger partial charge on any atom is -0.508 e. The van der Waals surface area contributed by atoms with Crippen molar-refractivity contribution in [1.29, 1.82) is 0 Å². The summed E-state index contributed by atoms with van der Waals surface area (Å²) < 4.78 is 84.5. The molecule has 0 bridgehead atoms. The van der Waals surface area contributed by atoms with Gasteiger partial charge in [-0.1, -0.05) is 12.2 Å². The number of carboxylic acids is 2. The fourth-order valence-electron chi connectivity index (χ4n) is 4.72. The minimum atomic E-state index is -5.11. The van der Waals surface area contributed by atoms with Crippen LogP contribution in [0.3, 0.4) is 0 Å². The van der Waals surface area contributed by atoms with Gasteiger partial charge in [0.15, 0.2) is 5.78 Å². The van der Waals surface area contributed by atoms with Crippen LogP contribution in [0.15, 0.2) is 54.6 Å². The number of thiocarbonyl (C=S) groups is 1. The SMILES string of the molecule is O=C(O)c1cc(NC(=S)CCN2c3ccc(O)cc3CC2C(=O)COc2cc(C(F)(F)F)cc(C(F)(F)F)c2)cc(C(=O)O)c1. The average Bonchev–Trinajstić information content (AvgIpc) is 3.31. The second-order valence-corrected chi connectivity index (χ2v) is 10.4. The summed E-state index contributed by atoms with van der Waals surface area (Å²) >= 11 is 5.35. The van der Waals surface area contributed by atoms with Gasteiger partial charge in [0.05, 0.1) is 33.3 Å². The number of fused-ring (bicyclic) bond motifs is 1. The van der Waals surface area contributed by atoms with Crippen LogP contribution in [-0.4, -0.2) is 57.2 Å². The molecule has 4 rings (SSSR count). The second kappa shape index (κ2) is 12.6. The highest BCUT2D eigenvalue weighted by Crippen LogP contribution is 2.39. The van der Waals surface area contributed by atoms with Crippen molar-refractivity contribution in [1.82, 2.24) is 0 Å². The van der Waals surface area contributed by atoms with E-state index in [1.54, 1.807) is 4.90 Å². The van der Waals surface area contributed by atoms with Gasteiger partial charge in [0.25, 0.3) is 0 Å². The van der Waals surface area contributed by atoms with Crippen LogP contribution in [0.25, 0.3) is 0 Å². The molecule has 3 aromatic carbocycles. The van der Waals surface area contributed by atoms with Crippen LogP contribution in [0.2, 0.25) is 0 Å². The Morgan fingerprint density at radius 1 is 0.889 bits per heavy atom. The maximum absolute atomic E-state index is 13.3. The molecule has 0 saturated carbocycles. The number of carbonyl (C=O) groups is 3. The van der Waals surface area contributed by atoms with Crippen LogP contribution in [0.5, 0.6) is 11.5 Å². The Bertz CT molecular complexity index is 1610. The third kappa shape index (κ3) is 8.00. The lowest BCUT2D eigenvalue weighted by Crippen LogP contribution is -2.42. The zero-order chi connectivity index (χ0) is 33.3. The quantitative estimate of drug-likeness (QED) is 0.151. The van der Waals surface area contributed by atoms with Gasteiger partial charge in [0.2, 0.25) is 0 Å². The standard InChI is InChI=1S/C29H22F6N2O7S/c30-28(31,32)17-10-18(29(33,34)35)12-21(11-17)44-13-24(39)23-9-14-8-20(38)1-2-22(14)37(23)4-3-25(45)36-19-6-15(26(40)41)5-16(7-19)27(42)43/h1-2,5-8,10-12,23,38H,3-4,9,13H2,(H,36,45)(H,40,41)(H,42,43). The molecule has 0 spiro atoms. The number of aromatic hydroxyl groups is 1. The van der Waals surface area contributed by atoms with Crippen molar-refractivity contribution in [2.24, 2.45) is 0 Å². The Kier molecular flexibility index (Phi) is 9.27. The number of carbonyl (C=O) groups excluding carboxylic acids is 1.